The van der Waals surface area contributed by atoms with Gasteiger partial charge >= 0.3 is 12.1 Å². The van der Waals surface area contributed by atoms with Crippen LogP contribution in [0.4, 0.5) is 13.2 Å². The molecule has 0 spiro atoms. The van der Waals surface area contributed by atoms with Crippen LogP contribution in [0.3, 0.4) is 0 Å². The Morgan fingerprint density at radius 2 is 2.14 bits per heavy atom. The highest BCUT2D eigenvalue weighted by Gasteiger charge is 2.36. The summed E-state index contributed by atoms with van der Waals surface area (Å²) in [5, 5.41) is 7.45. The van der Waals surface area contributed by atoms with Crippen molar-refractivity contribution >= 4 is 17.3 Å². The van der Waals surface area contributed by atoms with E-state index in [-0.39, 0.29) is 11.3 Å². The molecule has 0 unspecified atom stereocenters. The van der Waals surface area contributed by atoms with E-state index in [0.717, 1.165) is 0 Å². The van der Waals surface area contributed by atoms with E-state index in [2.05, 4.69) is 4.98 Å². The van der Waals surface area contributed by atoms with Crippen molar-refractivity contribution < 1.29 is 23.1 Å². The zero-order valence-electron chi connectivity index (χ0n) is 7.05. The molecule has 78 valence electrons. The Bertz CT molecular complexity index is 358. The van der Waals surface area contributed by atoms with E-state index in [0.29, 0.717) is 11.3 Å². The van der Waals surface area contributed by atoms with Gasteiger partial charge in [-0.1, -0.05) is 6.92 Å². The number of halogens is 3. The molecule has 1 heterocycles. The largest absolute Gasteiger partial charge is 0.476 e. The fourth-order valence-electron chi connectivity index (χ4n) is 0.880. The molecule has 1 aromatic rings. The monoisotopic (exact) mass is 225 g/mol. The highest BCUT2D eigenvalue weighted by molar-refractivity contribution is 7.12. The number of carboxylic acid groups (broad SMARTS) is 1. The van der Waals surface area contributed by atoms with Crippen molar-refractivity contribution in [3.63, 3.8) is 0 Å². The summed E-state index contributed by atoms with van der Waals surface area (Å²) in [6, 6.07) is 0. The average Bonchev–Trinajstić information content (AvgIpc) is 2.45. The summed E-state index contributed by atoms with van der Waals surface area (Å²) in [6.07, 6.45) is -4.34. The van der Waals surface area contributed by atoms with E-state index in [1.165, 1.54) is 0 Å². The summed E-state index contributed by atoms with van der Waals surface area (Å²) >= 11 is 0.378. The summed E-state index contributed by atoms with van der Waals surface area (Å²) in [6.45, 7) is 1.58. The van der Waals surface area contributed by atoms with Gasteiger partial charge in [-0.25, -0.2) is 9.78 Å². The second-order valence-corrected chi connectivity index (χ2v) is 3.53. The first-order chi connectivity index (χ1) is 6.36. The quantitative estimate of drug-likeness (QED) is 0.840. The molecular formula is C7H6F3NO2S. The molecule has 0 saturated heterocycles. The van der Waals surface area contributed by atoms with Gasteiger partial charge in [-0.3, -0.25) is 0 Å². The SMILES string of the molecule is CCc1sc(C(F)(F)F)nc1C(=O)O. The molecule has 7 heteroatoms. The van der Waals surface area contributed by atoms with Gasteiger partial charge in [-0.15, -0.1) is 11.3 Å². The number of rotatable bonds is 2. The Morgan fingerprint density at radius 3 is 2.43 bits per heavy atom. The minimum atomic E-state index is -4.57. The standard InChI is InChI=1S/C7H6F3NO2S/c1-2-3-4(5(12)13)11-6(14-3)7(8,9)10/h2H2,1H3,(H,12,13). The molecule has 0 radical (unpaired) electrons. The number of hydrogen-bond acceptors (Lipinski definition) is 3. The fourth-order valence-corrected chi connectivity index (χ4v) is 1.74. The van der Waals surface area contributed by atoms with E-state index < -0.39 is 22.8 Å². The van der Waals surface area contributed by atoms with Crippen LogP contribution in [0.1, 0.15) is 27.3 Å². The predicted molar refractivity (Wildman–Crippen MR) is 43.5 cm³/mol. The van der Waals surface area contributed by atoms with Crippen LogP contribution in [0.2, 0.25) is 0 Å². The molecule has 14 heavy (non-hydrogen) atoms. The third kappa shape index (κ3) is 2.03. The Balaban J connectivity index is 3.20. The van der Waals surface area contributed by atoms with Crippen molar-refractivity contribution in [1.29, 1.82) is 0 Å². The lowest BCUT2D eigenvalue weighted by atomic mass is 10.3. The lowest BCUT2D eigenvalue weighted by Gasteiger charge is -1.98. The van der Waals surface area contributed by atoms with Crippen LogP contribution in [0.25, 0.3) is 0 Å². The van der Waals surface area contributed by atoms with Crippen LogP contribution in [-0.2, 0) is 12.6 Å². The van der Waals surface area contributed by atoms with Gasteiger partial charge < -0.3 is 5.11 Å². The van der Waals surface area contributed by atoms with Crippen LogP contribution < -0.4 is 0 Å². The Morgan fingerprint density at radius 1 is 1.57 bits per heavy atom. The number of hydrogen-bond donors (Lipinski definition) is 1. The Hall–Kier alpha value is -1.11. The van der Waals surface area contributed by atoms with Crippen LogP contribution in [-0.4, -0.2) is 16.1 Å². The van der Waals surface area contributed by atoms with Crippen molar-refractivity contribution in [2.75, 3.05) is 0 Å². The van der Waals surface area contributed by atoms with E-state index in [9.17, 15) is 18.0 Å². The minimum Gasteiger partial charge on any atom is -0.476 e. The van der Waals surface area contributed by atoms with Gasteiger partial charge in [0.1, 0.15) is 0 Å². The number of aromatic nitrogens is 1. The maximum absolute atomic E-state index is 12.1. The minimum absolute atomic E-state index is 0.143. The van der Waals surface area contributed by atoms with Crippen LogP contribution >= 0.6 is 11.3 Å². The first kappa shape index (κ1) is 11.0. The van der Waals surface area contributed by atoms with E-state index in [4.69, 9.17) is 5.11 Å². The topological polar surface area (TPSA) is 50.2 Å². The van der Waals surface area contributed by atoms with Gasteiger partial charge in [0.05, 0.1) is 0 Å². The third-order valence-corrected chi connectivity index (χ3v) is 2.71. The second-order valence-electron chi connectivity index (χ2n) is 2.45. The summed E-state index contributed by atoms with van der Waals surface area (Å²) in [5.74, 6) is -1.42. The Kier molecular flexibility index (Phi) is 2.79. The zero-order valence-corrected chi connectivity index (χ0v) is 7.87. The maximum Gasteiger partial charge on any atom is 0.443 e. The fraction of sp³-hybridized carbons (Fsp3) is 0.429. The number of nitrogens with zero attached hydrogens (tertiary/aromatic N) is 1. The number of carboxylic acids is 1. The third-order valence-electron chi connectivity index (χ3n) is 1.46. The number of alkyl halides is 3. The summed E-state index contributed by atoms with van der Waals surface area (Å²) in [5.41, 5.74) is -0.496. The lowest BCUT2D eigenvalue weighted by molar-refractivity contribution is -0.137. The molecule has 0 bridgehead atoms. The molecule has 0 fully saturated rings. The molecule has 0 amide bonds. The number of thiazole rings is 1. The number of aromatic carboxylic acids is 1. The van der Waals surface area contributed by atoms with Crippen molar-refractivity contribution in [2.45, 2.75) is 19.5 Å². The molecule has 1 rings (SSSR count). The van der Waals surface area contributed by atoms with Crippen molar-refractivity contribution in [2.24, 2.45) is 0 Å². The molecule has 0 atom stereocenters. The molecule has 0 aliphatic carbocycles. The molecule has 1 N–H and O–H groups in total. The van der Waals surface area contributed by atoms with Gasteiger partial charge in [0, 0.05) is 4.88 Å². The van der Waals surface area contributed by atoms with E-state index >= 15 is 0 Å². The predicted octanol–water partition coefficient (Wildman–Crippen LogP) is 2.42. The highest BCUT2D eigenvalue weighted by Crippen LogP contribution is 2.34. The Labute approximate surface area is 81.2 Å². The smallest absolute Gasteiger partial charge is 0.443 e. The molecule has 3 nitrogen and oxygen atoms in total. The van der Waals surface area contributed by atoms with Crippen LogP contribution in [0, 0.1) is 0 Å². The van der Waals surface area contributed by atoms with Gasteiger partial charge in [-0.2, -0.15) is 13.2 Å². The molecule has 1 aromatic heterocycles. The first-order valence-electron chi connectivity index (χ1n) is 3.66. The molecule has 0 aromatic carbocycles. The van der Waals surface area contributed by atoms with E-state index in [1.807, 2.05) is 0 Å². The number of aryl methyl sites for hydroxylation is 1. The first-order valence-corrected chi connectivity index (χ1v) is 4.48. The number of carbonyl (C=O) groups is 1. The lowest BCUT2D eigenvalue weighted by Crippen LogP contribution is -2.06. The second kappa shape index (κ2) is 3.56. The van der Waals surface area contributed by atoms with E-state index in [1.54, 1.807) is 6.92 Å². The summed E-state index contributed by atoms with van der Waals surface area (Å²) in [4.78, 5) is 13.7. The maximum atomic E-state index is 12.1. The van der Waals surface area contributed by atoms with Gasteiger partial charge in [0.2, 0.25) is 0 Å². The normalized spacial score (nSPS) is 11.7. The zero-order chi connectivity index (χ0) is 10.9. The molecule has 0 saturated carbocycles. The average molecular weight is 225 g/mol. The summed E-state index contributed by atoms with van der Waals surface area (Å²) in [7, 11) is 0. The van der Waals surface area contributed by atoms with Crippen molar-refractivity contribution in [3.05, 3.63) is 15.6 Å². The van der Waals surface area contributed by atoms with Gasteiger partial charge in [-0.05, 0) is 6.42 Å². The van der Waals surface area contributed by atoms with Crippen LogP contribution in [0.15, 0.2) is 0 Å². The highest BCUT2D eigenvalue weighted by atomic mass is 32.1. The van der Waals surface area contributed by atoms with Crippen molar-refractivity contribution in [1.82, 2.24) is 4.98 Å². The molecule has 0 aliphatic rings. The van der Waals surface area contributed by atoms with Crippen LogP contribution in [0.5, 0.6) is 0 Å². The molecule has 0 aliphatic heterocycles. The summed E-state index contributed by atoms with van der Waals surface area (Å²) < 4.78 is 36.4. The van der Waals surface area contributed by atoms with Gasteiger partial charge in [0.15, 0.2) is 10.7 Å². The van der Waals surface area contributed by atoms with Gasteiger partial charge in [0.25, 0.3) is 0 Å². The van der Waals surface area contributed by atoms with Crippen molar-refractivity contribution in [3.8, 4) is 0 Å². The molecular weight excluding hydrogens is 219 g/mol.